The van der Waals surface area contributed by atoms with Crippen molar-refractivity contribution in [2.75, 3.05) is 0 Å². The fourth-order valence-corrected chi connectivity index (χ4v) is 6.30. The van der Waals surface area contributed by atoms with E-state index < -0.39 is 0 Å². The van der Waals surface area contributed by atoms with Crippen LogP contribution in [0.3, 0.4) is 0 Å². The average molecular weight is 664 g/mol. The van der Waals surface area contributed by atoms with E-state index >= 15 is 0 Å². The minimum absolute atomic E-state index is 0.101. The van der Waals surface area contributed by atoms with Gasteiger partial charge in [-0.25, -0.2) is 0 Å². The van der Waals surface area contributed by atoms with Crippen molar-refractivity contribution in [1.82, 2.24) is 0 Å². The summed E-state index contributed by atoms with van der Waals surface area (Å²) in [5.74, 6) is 0.247. The molecule has 166 valence electrons. The number of hydrogen-bond donors (Lipinski definition) is 1. The third-order valence-corrected chi connectivity index (χ3v) is 7.47. The van der Waals surface area contributed by atoms with Crippen molar-refractivity contribution in [1.29, 1.82) is 0 Å². The molecule has 0 amide bonds. The lowest BCUT2D eigenvalue weighted by molar-refractivity contribution is 0.463. The molecule has 0 atom stereocenters. The fraction of sp³-hybridized carbons (Fsp3) is 0.0323. The minimum atomic E-state index is -0.101. The zero-order valence-corrected chi connectivity index (χ0v) is 22.6. The Bertz CT molecular complexity index is 1350. The predicted octanol–water partition coefficient (Wildman–Crippen LogP) is 9.12. The number of benzene rings is 5. The summed E-state index contributed by atoms with van der Waals surface area (Å²) in [5.41, 5.74) is 7.93. The van der Waals surface area contributed by atoms with E-state index in [1.54, 1.807) is 0 Å². The van der Waals surface area contributed by atoms with Gasteiger partial charge in [0.15, 0.2) is 0 Å². The molecule has 0 aliphatic rings. The highest BCUT2D eigenvalue weighted by molar-refractivity contribution is 14.1. The van der Waals surface area contributed by atoms with Crippen molar-refractivity contribution >= 4 is 45.2 Å². The molecule has 34 heavy (non-hydrogen) atoms. The highest BCUT2D eigenvalue weighted by atomic mass is 127. The van der Waals surface area contributed by atoms with Crippen LogP contribution in [0.25, 0.3) is 22.3 Å². The van der Waals surface area contributed by atoms with Gasteiger partial charge in [-0.05, 0) is 90.7 Å². The van der Waals surface area contributed by atoms with Crippen LogP contribution < -0.4 is 0 Å². The SMILES string of the molecule is Oc1c(I)cc(I)cc1C(c1cccc(-c2ccccc2)c1)c1cccc(-c2ccccc2)c1. The van der Waals surface area contributed by atoms with Crippen LogP contribution in [0.4, 0.5) is 0 Å². The van der Waals surface area contributed by atoms with Crippen LogP contribution in [0.5, 0.6) is 5.75 Å². The van der Waals surface area contributed by atoms with E-state index in [4.69, 9.17) is 0 Å². The molecule has 5 aromatic rings. The molecule has 0 unspecified atom stereocenters. The van der Waals surface area contributed by atoms with Gasteiger partial charge in [0.1, 0.15) is 5.75 Å². The van der Waals surface area contributed by atoms with Gasteiger partial charge in [-0.3, -0.25) is 0 Å². The topological polar surface area (TPSA) is 20.2 Å². The molecule has 5 rings (SSSR count). The van der Waals surface area contributed by atoms with Crippen LogP contribution in [0.2, 0.25) is 0 Å². The average Bonchev–Trinajstić information content (AvgIpc) is 2.88. The molecule has 0 aromatic heterocycles. The second kappa shape index (κ2) is 10.3. The van der Waals surface area contributed by atoms with Gasteiger partial charge in [-0.2, -0.15) is 0 Å². The first kappa shape index (κ1) is 23.1. The summed E-state index contributed by atoms with van der Waals surface area (Å²) in [6, 6.07) is 42.4. The Balaban J connectivity index is 1.71. The molecule has 0 saturated carbocycles. The maximum Gasteiger partial charge on any atom is 0.133 e. The van der Waals surface area contributed by atoms with Gasteiger partial charge in [0, 0.05) is 15.1 Å². The molecular weight excluding hydrogens is 642 g/mol. The standard InChI is InChI=1S/C31H22I2O/c32-27-19-28(31(34)29(33)20-27)30(25-15-7-13-23(17-25)21-9-3-1-4-10-21)26-16-8-14-24(18-26)22-11-5-2-6-12-22/h1-20,30,34H. The van der Waals surface area contributed by atoms with Gasteiger partial charge >= 0.3 is 0 Å². The molecule has 0 bridgehead atoms. The van der Waals surface area contributed by atoms with Gasteiger partial charge in [0.2, 0.25) is 0 Å². The smallest absolute Gasteiger partial charge is 0.133 e. The first-order valence-electron chi connectivity index (χ1n) is 11.1. The number of aromatic hydroxyl groups is 1. The first-order valence-corrected chi connectivity index (χ1v) is 13.2. The van der Waals surface area contributed by atoms with E-state index in [9.17, 15) is 5.11 Å². The normalized spacial score (nSPS) is 11.0. The maximum absolute atomic E-state index is 11.2. The number of rotatable bonds is 5. The zero-order valence-electron chi connectivity index (χ0n) is 18.3. The zero-order chi connectivity index (χ0) is 23.5. The lowest BCUT2D eigenvalue weighted by Gasteiger charge is -2.22. The van der Waals surface area contributed by atoms with Crippen molar-refractivity contribution < 1.29 is 5.11 Å². The second-order valence-electron chi connectivity index (χ2n) is 8.24. The third-order valence-electron chi connectivity index (χ3n) is 6.02. The molecule has 0 saturated heterocycles. The third kappa shape index (κ3) is 4.91. The van der Waals surface area contributed by atoms with Gasteiger partial charge in [0.05, 0.1) is 3.57 Å². The highest BCUT2D eigenvalue weighted by Gasteiger charge is 2.23. The molecule has 0 heterocycles. The summed E-state index contributed by atoms with van der Waals surface area (Å²) in [4.78, 5) is 0. The Hall–Kier alpha value is -2.64. The molecule has 0 aliphatic heterocycles. The number of halogens is 2. The van der Waals surface area contributed by atoms with E-state index in [0.29, 0.717) is 5.75 Å². The summed E-state index contributed by atoms with van der Waals surface area (Å²) in [6.45, 7) is 0. The molecule has 0 fully saturated rings. The van der Waals surface area contributed by atoms with Crippen LogP contribution >= 0.6 is 45.2 Å². The Labute approximate surface area is 227 Å². The number of phenolic OH excluding ortho intramolecular Hbond substituents is 1. The van der Waals surface area contributed by atoms with Crippen LogP contribution in [0.1, 0.15) is 22.6 Å². The van der Waals surface area contributed by atoms with E-state index in [-0.39, 0.29) is 5.92 Å². The van der Waals surface area contributed by atoms with Crippen molar-refractivity contribution in [2.45, 2.75) is 5.92 Å². The lowest BCUT2D eigenvalue weighted by Crippen LogP contribution is -2.06. The number of phenols is 1. The summed E-state index contributed by atoms with van der Waals surface area (Å²) in [7, 11) is 0. The minimum Gasteiger partial charge on any atom is -0.507 e. The highest BCUT2D eigenvalue weighted by Crippen LogP contribution is 2.41. The van der Waals surface area contributed by atoms with Crippen LogP contribution in [-0.4, -0.2) is 5.11 Å². The monoisotopic (exact) mass is 664 g/mol. The molecule has 0 radical (unpaired) electrons. The van der Waals surface area contributed by atoms with E-state index in [1.165, 1.54) is 22.3 Å². The summed E-state index contributed by atoms with van der Waals surface area (Å²) >= 11 is 4.56. The summed E-state index contributed by atoms with van der Waals surface area (Å²) in [5, 5.41) is 11.2. The molecular formula is C31H22I2O. The quantitative estimate of drug-likeness (QED) is 0.147. The van der Waals surface area contributed by atoms with E-state index in [1.807, 2.05) is 18.2 Å². The number of hydrogen-bond acceptors (Lipinski definition) is 1. The maximum atomic E-state index is 11.2. The van der Waals surface area contributed by atoms with Gasteiger partial charge in [-0.15, -0.1) is 0 Å². The molecule has 0 aliphatic carbocycles. The van der Waals surface area contributed by atoms with Crippen molar-refractivity contribution in [3.05, 3.63) is 145 Å². The molecule has 3 heteroatoms. The molecule has 1 nitrogen and oxygen atoms in total. The molecule has 1 N–H and O–H groups in total. The molecule has 0 spiro atoms. The Morgan fingerprint density at radius 3 is 1.47 bits per heavy atom. The lowest BCUT2D eigenvalue weighted by atomic mass is 9.82. The van der Waals surface area contributed by atoms with Crippen LogP contribution in [0.15, 0.2) is 121 Å². The van der Waals surface area contributed by atoms with Crippen molar-refractivity contribution in [3.63, 3.8) is 0 Å². The summed E-state index contributed by atoms with van der Waals surface area (Å²) in [6.07, 6.45) is 0. The second-order valence-corrected chi connectivity index (χ2v) is 10.6. The summed E-state index contributed by atoms with van der Waals surface area (Å²) < 4.78 is 1.97. The van der Waals surface area contributed by atoms with E-state index in [2.05, 4.69) is 148 Å². The van der Waals surface area contributed by atoms with E-state index in [0.717, 1.165) is 23.8 Å². The predicted molar refractivity (Wildman–Crippen MR) is 158 cm³/mol. The Kier molecular flexibility index (Phi) is 7.02. The fourth-order valence-electron chi connectivity index (χ4n) is 4.41. The Morgan fingerprint density at radius 1 is 0.500 bits per heavy atom. The largest absolute Gasteiger partial charge is 0.507 e. The van der Waals surface area contributed by atoms with Crippen LogP contribution in [-0.2, 0) is 0 Å². The van der Waals surface area contributed by atoms with Gasteiger partial charge < -0.3 is 5.11 Å². The van der Waals surface area contributed by atoms with Crippen molar-refractivity contribution in [2.24, 2.45) is 0 Å². The van der Waals surface area contributed by atoms with Gasteiger partial charge in [0.25, 0.3) is 0 Å². The van der Waals surface area contributed by atoms with Crippen molar-refractivity contribution in [3.8, 4) is 28.0 Å². The van der Waals surface area contributed by atoms with Gasteiger partial charge in [-0.1, -0.05) is 109 Å². The first-order chi connectivity index (χ1) is 16.6. The Morgan fingerprint density at radius 2 is 0.971 bits per heavy atom. The molecule has 5 aromatic carbocycles. The van der Waals surface area contributed by atoms with Crippen LogP contribution in [0, 0.1) is 7.14 Å².